The highest BCUT2D eigenvalue weighted by Crippen LogP contribution is 2.17. The van der Waals surface area contributed by atoms with Crippen molar-refractivity contribution in [3.05, 3.63) is 47.9 Å². The molecule has 1 N–H and O–H groups in total. The lowest BCUT2D eigenvalue weighted by atomic mass is 10.2. The molecule has 0 aliphatic rings. The van der Waals surface area contributed by atoms with Gasteiger partial charge in [0.05, 0.1) is 24.1 Å². The minimum absolute atomic E-state index is 0.172. The molecule has 1 atom stereocenters. The van der Waals surface area contributed by atoms with Gasteiger partial charge in [-0.2, -0.15) is 13.2 Å². The predicted octanol–water partition coefficient (Wildman–Crippen LogP) is 3.61. The molecule has 0 unspecified atom stereocenters. The number of amides is 1. The van der Waals surface area contributed by atoms with E-state index in [4.69, 9.17) is 4.74 Å². The molecule has 27 heavy (non-hydrogen) atoms. The monoisotopic (exact) mass is 495 g/mol. The summed E-state index contributed by atoms with van der Waals surface area (Å²) in [5, 5.41) is 2.68. The van der Waals surface area contributed by atoms with Crippen LogP contribution in [0.2, 0.25) is 0 Å². The Balaban J connectivity index is 1.81. The SMILES string of the molecule is C[C@@H](NC(=O)COc1ccc(CI)cc1)c1cnc(OCC(F)(F)F)cn1. The van der Waals surface area contributed by atoms with Crippen LogP contribution in [-0.2, 0) is 9.22 Å². The Kier molecular flexibility index (Phi) is 7.63. The highest BCUT2D eigenvalue weighted by Gasteiger charge is 2.28. The van der Waals surface area contributed by atoms with Crippen LogP contribution in [0.25, 0.3) is 0 Å². The van der Waals surface area contributed by atoms with Crippen LogP contribution in [0.4, 0.5) is 13.2 Å². The van der Waals surface area contributed by atoms with E-state index in [1.54, 1.807) is 19.1 Å². The first-order valence-corrected chi connectivity index (χ1v) is 9.38. The minimum Gasteiger partial charge on any atom is -0.484 e. The van der Waals surface area contributed by atoms with Gasteiger partial charge in [-0.05, 0) is 24.6 Å². The molecule has 6 nitrogen and oxygen atoms in total. The molecule has 2 aromatic rings. The van der Waals surface area contributed by atoms with Gasteiger partial charge in [0, 0.05) is 4.43 Å². The number of nitrogens with one attached hydrogen (secondary N) is 1. The zero-order valence-electron chi connectivity index (χ0n) is 14.3. The van der Waals surface area contributed by atoms with Crippen LogP contribution in [0.5, 0.6) is 11.6 Å². The molecule has 2 rings (SSSR count). The summed E-state index contributed by atoms with van der Waals surface area (Å²) in [5.74, 6) is -0.0232. The molecule has 0 saturated heterocycles. The van der Waals surface area contributed by atoms with Gasteiger partial charge in [0.2, 0.25) is 5.88 Å². The van der Waals surface area contributed by atoms with Crippen molar-refractivity contribution in [2.24, 2.45) is 0 Å². The lowest BCUT2D eigenvalue weighted by Crippen LogP contribution is -2.31. The number of hydrogen-bond donors (Lipinski definition) is 1. The normalized spacial score (nSPS) is 12.3. The fourth-order valence-electron chi connectivity index (χ4n) is 1.96. The Labute approximate surface area is 167 Å². The number of ether oxygens (including phenoxy) is 2. The molecule has 0 saturated carbocycles. The number of hydrogen-bond acceptors (Lipinski definition) is 5. The first-order valence-electron chi connectivity index (χ1n) is 7.85. The summed E-state index contributed by atoms with van der Waals surface area (Å²) >= 11 is 2.25. The van der Waals surface area contributed by atoms with Crippen LogP contribution in [0.15, 0.2) is 36.7 Å². The lowest BCUT2D eigenvalue weighted by Gasteiger charge is -2.14. The van der Waals surface area contributed by atoms with E-state index in [9.17, 15) is 18.0 Å². The zero-order valence-corrected chi connectivity index (χ0v) is 16.5. The highest BCUT2D eigenvalue weighted by molar-refractivity contribution is 14.1. The number of carbonyl (C=O) groups excluding carboxylic acids is 1. The molecule has 1 heterocycles. The molecule has 1 aromatic heterocycles. The summed E-state index contributed by atoms with van der Waals surface area (Å²) in [6.07, 6.45) is -2.12. The number of halogens is 4. The average molecular weight is 495 g/mol. The van der Waals surface area contributed by atoms with E-state index in [1.165, 1.54) is 6.20 Å². The maximum absolute atomic E-state index is 12.1. The smallest absolute Gasteiger partial charge is 0.422 e. The van der Waals surface area contributed by atoms with Gasteiger partial charge in [-0.25, -0.2) is 4.98 Å². The number of nitrogens with zero attached hydrogens (tertiary/aromatic N) is 2. The summed E-state index contributed by atoms with van der Waals surface area (Å²) in [4.78, 5) is 19.7. The number of alkyl halides is 4. The minimum atomic E-state index is -4.45. The zero-order chi connectivity index (χ0) is 19.9. The summed E-state index contributed by atoms with van der Waals surface area (Å²) < 4.78 is 47.1. The Morgan fingerprint density at radius 2 is 1.89 bits per heavy atom. The van der Waals surface area contributed by atoms with Crippen LogP contribution < -0.4 is 14.8 Å². The van der Waals surface area contributed by atoms with Crippen molar-refractivity contribution in [2.45, 2.75) is 23.6 Å². The van der Waals surface area contributed by atoms with Crippen LogP contribution in [0.1, 0.15) is 24.2 Å². The van der Waals surface area contributed by atoms with Crippen LogP contribution in [0.3, 0.4) is 0 Å². The van der Waals surface area contributed by atoms with Crippen molar-refractivity contribution in [1.82, 2.24) is 15.3 Å². The molecule has 0 fully saturated rings. The topological polar surface area (TPSA) is 73.3 Å². The van der Waals surface area contributed by atoms with E-state index in [0.717, 1.165) is 16.2 Å². The second kappa shape index (κ2) is 9.72. The van der Waals surface area contributed by atoms with Crippen molar-refractivity contribution in [1.29, 1.82) is 0 Å². The third-order valence-electron chi connectivity index (χ3n) is 3.30. The van der Waals surface area contributed by atoms with Gasteiger partial charge in [-0.15, -0.1) is 0 Å². The lowest BCUT2D eigenvalue weighted by molar-refractivity contribution is -0.154. The van der Waals surface area contributed by atoms with Gasteiger partial charge in [0.25, 0.3) is 5.91 Å². The van der Waals surface area contributed by atoms with Crippen molar-refractivity contribution >= 4 is 28.5 Å². The molecule has 0 bridgehead atoms. The fraction of sp³-hybridized carbons (Fsp3) is 0.353. The number of aromatic nitrogens is 2. The summed E-state index contributed by atoms with van der Waals surface area (Å²) in [6, 6.07) is 6.92. The standard InChI is InChI=1S/C17H17F3IN3O3/c1-11(14-7-23-16(8-22-14)27-10-17(18,19)20)24-15(25)9-26-13-4-2-12(6-21)3-5-13/h2-5,7-8,11H,6,9-10H2,1H3,(H,24,25)/t11-/m1/s1. The van der Waals surface area contributed by atoms with Gasteiger partial charge >= 0.3 is 6.18 Å². The summed E-state index contributed by atoms with van der Waals surface area (Å²) in [6.45, 7) is 0.0605. The summed E-state index contributed by atoms with van der Waals surface area (Å²) in [5.41, 5.74) is 1.54. The Morgan fingerprint density at radius 3 is 2.44 bits per heavy atom. The van der Waals surface area contributed by atoms with Gasteiger partial charge in [-0.3, -0.25) is 9.78 Å². The molecule has 0 aliphatic heterocycles. The van der Waals surface area contributed by atoms with E-state index in [0.29, 0.717) is 11.4 Å². The van der Waals surface area contributed by atoms with E-state index < -0.39 is 18.8 Å². The molecule has 1 amide bonds. The second-order valence-electron chi connectivity index (χ2n) is 5.54. The molecule has 0 radical (unpaired) electrons. The average Bonchev–Trinajstić information content (AvgIpc) is 2.65. The Morgan fingerprint density at radius 1 is 1.19 bits per heavy atom. The van der Waals surface area contributed by atoms with Crippen LogP contribution in [-0.4, -0.2) is 35.3 Å². The van der Waals surface area contributed by atoms with E-state index in [1.807, 2.05) is 12.1 Å². The van der Waals surface area contributed by atoms with Crippen LogP contribution in [0, 0.1) is 0 Å². The number of benzene rings is 1. The number of rotatable bonds is 8. The van der Waals surface area contributed by atoms with Gasteiger partial charge in [-0.1, -0.05) is 34.7 Å². The van der Waals surface area contributed by atoms with Crippen LogP contribution >= 0.6 is 22.6 Å². The van der Waals surface area contributed by atoms with Crippen molar-refractivity contribution < 1.29 is 27.4 Å². The third kappa shape index (κ3) is 7.57. The van der Waals surface area contributed by atoms with E-state index in [2.05, 4.69) is 42.6 Å². The van der Waals surface area contributed by atoms with Crippen molar-refractivity contribution in [3.63, 3.8) is 0 Å². The molecular weight excluding hydrogens is 478 g/mol. The maximum atomic E-state index is 12.1. The first-order chi connectivity index (χ1) is 12.8. The largest absolute Gasteiger partial charge is 0.484 e. The van der Waals surface area contributed by atoms with Gasteiger partial charge in [0.1, 0.15) is 5.75 Å². The molecule has 0 aliphatic carbocycles. The van der Waals surface area contributed by atoms with E-state index in [-0.39, 0.29) is 18.4 Å². The third-order valence-corrected chi connectivity index (χ3v) is 4.18. The molecular formula is C17H17F3IN3O3. The van der Waals surface area contributed by atoms with Crippen molar-refractivity contribution in [2.75, 3.05) is 13.2 Å². The molecule has 1 aromatic carbocycles. The highest BCUT2D eigenvalue weighted by atomic mass is 127. The second-order valence-corrected chi connectivity index (χ2v) is 6.30. The molecule has 146 valence electrons. The number of carbonyl (C=O) groups is 1. The van der Waals surface area contributed by atoms with Gasteiger partial charge in [0.15, 0.2) is 13.2 Å². The van der Waals surface area contributed by atoms with Crippen molar-refractivity contribution in [3.8, 4) is 11.6 Å². The molecule has 10 heteroatoms. The Bertz CT molecular complexity index is 740. The summed E-state index contributed by atoms with van der Waals surface area (Å²) in [7, 11) is 0. The molecule has 0 spiro atoms. The fourth-order valence-corrected chi connectivity index (χ4v) is 2.47. The van der Waals surface area contributed by atoms with Gasteiger partial charge < -0.3 is 14.8 Å². The van der Waals surface area contributed by atoms with E-state index >= 15 is 0 Å². The quantitative estimate of drug-likeness (QED) is 0.448. The Hall–Kier alpha value is -2.11. The maximum Gasteiger partial charge on any atom is 0.422 e. The first kappa shape index (κ1) is 21.2. The predicted molar refractivity (Wildman–Crippen MR) is 99.8 cm³/mol.